The molecule has 0 amide bonds. The van der Waals surface area contributed by atoms with Crippen LogP contribution in [0.1, 0.15) is 15.9 Å². The van der Waals surface area contributed by atoms with Crippen molar-refractivity contribution in [2.45, 2.75) is 0 Å². The van der Waals surface area contributed by atoms with E-state index in [-0.39, 0.29) is 5.78 Å². The molecule has 0 fully saturated rings. The minimum Gasteiger partial charge on any atom is -0.492 e. The van der Waals surface area contributed by atoms with Gasteiger partial charge in [0, 0.05) is 17.7 Å². The summed E-state index contributed by atoms with van der Waals surface area (Å²) in [5.74, 6) is 0.654. The highest BCUT2D eigenvalue weighted by Gasteiger charge is 2.10. The normalized spacial score (nSPS) is 10.7. The van der Waals surface area contributed by atoms with Gasteiger partial charge >= 0.3 is 0 Å². The lowest BCUT2D eigenvalue weighted by Gasteiger charge is -2.11. The SMILES string of the molecule is CN(C)CCOc1ccc(C(=O)c2ccc(N)c(N)c2)cc1. The number of hydrogen-bond donors (Lipinski definition) is 2. The average Bonchev–Trinajstić information content (AvgIpc) is 2.50. The van der Waals surface area contributed by atoms with E-state index >= 15 is 0 Å². The number of ketones is 1. The fraction of sp³-hybridized carbons (Fsp3) is 0.235. The molecule has 4 N–H and O–H groups in total. The Morgan fingerprint density at radius 1 is 1.00 bits per heavy atom. The lowest BCUT2D eigenvalue weighted by molar-refractivity contribution is 0.103. The lowest BCUT2D eigenvalue weighted by atomic mass is 10.0. The van der Waals surface area contributed by atoms with Crippen molar-refractivity contribution in [3.05, 3.63) is 53.6 Å². The van der Waals surface area contributed by atoms with E-state index in [1.165, 1.54) is 0 Å². The first kappa shape index (κ1) is 15.9. The van der Waals surface area contributed by atoms with Crippen molar-refractivity contribution < 1.29 is 9.53 Å². The lowest BCUT2D eigenvalue weighted by Crippen LogP contribution is -2.19. The van der Waals surface area contributed by atoms with Gasteiger partial charge in [0.05, 0.1) is 11.4 Å². The summed E-state index contributed by atoms with van der Waals surface area (Å²) in [5.41, 5.74) is 13.4. The Hall–Kier alpha value is -2.53. The van der Waals surface area contributed by atoms with Crippen LogP contribution in [0.4, 0.5) is 11.4 Å². The summed E-state index contributed by atoms with van der Waals surface area (Å²) in [6.45, 7) is 1.44. The van der Waals surface area contributed by atoms with Crippen LogP contribution in [0.3, 0.4) is 0 Å². The van der Waals surface area contributed by atoms with E-state index in [9.17, 15) is 4.79 Å². The Morgan fingerprint density at radius 2 is 1.64 bits per heavy atom. The number of ether oxygens (including phenoxy) is 1. The molecule has 0 heterocycles. The summed E-state index contributed by atoms with van der Waals surface area (Å²) in [7, 11) is 3.98. The summed E-state index contributed by atoms with van der Waals surface area (Å²) in [6.07, 6.45) is 0. The molecule has 2 rings (SSSR count). The van der Waals surface area contributed by atoms with Crippen molar-refractivity contribution in [1.29, 1.82) is 0 Å². The van der Waals surface area contributed by atoms with Gasteiger partial charge in [0.25, 0.3) is 0 Å². The predicted molar refractivity (Wildman–Crippen MR) is 89.2 cm³/mol. The average molecular weight is 299 g/mol. The van der Waals surface area contributed by atoms with Crippen LogP contribution >= 0.6 is 0 Å². The van der Waals surface area contributed by atoms with Gasteiger partial charge in [-0.1, -0.05) is 0 Å². The van der Waals surface area contributed by atoms with Crippen molar-refractivity contribution in [2.24, 2.45) is 0 Å². The molecule has 0 aliphatic rings. The molecule has 0 unspecified atom stereocenters. The molecule has 5 nitrogen and oxygen atoms in total. The van der Waals surface area contributed by atoms with Crippen molar-refractivity contribution in [2.75, 3.05) is 38.7 Å². The van der Waals surface area contributed by atoms with Crippen molar-refractivity contribution >= 4 is 17.2 Å². The highest BCUT2D eigenvalue weighted by atomic mass is 16.5. The van der Waals surface area contributed by atoms with Crippen LogP contribution in [0, 0.1) is 0 Å². The van der Waals surface area contributed by atoms with Crippen molar-refractivity contribution in [1.82, 2.24) is 4.90 Å². The number of nitrogens with zero attached hydrogens (tertiary/aromatic N) is 1. The highest BCUT2D eigenvalue weighted by molar-refractivity contribution is 6.09. The molecule has 0 atom stereocenters. The number of likely N-dealkylation sites (N-methyl/N-ethyl adjacent to an activating group) is 1. The first-order valence-corrected chi connectivity index (χ1v) is 7.04. The molecular formula is C17H21N3O2. The zero-order valence-electron chi connectivity index (χ0n) is 12.9. The maximum atomic E-state index is 12.4. The highest BCUT2D eigenvalue weighted by Crippen LogP contribution is 2.20. The second kappa shape index (κ2) is 6.95. The summed E-state index contributed by atoms with van der Waals surface area (Å²) in [6, 6.07) is 12.0. The molecule has 0 aromatic heterocycles. The van der Waals surface area contributed by atoms with E-state index in [0.717, 1.165) is 12.3 Å². The first-order valence-electron chi connectivity index (χ1n) is 7.04. The van der Waals surface area contributed by atoms with Gasteiger partial charge in [0.1, 0.15) is 12.4 Å². The number of carbonyl (C=O) groups excluding carboxylic acids is 1. The topological polar surface area (TPSA) is 81.6 Å². The Labute approximate surface area is 130 Å². The van der Waals surface area contributed by atoms with Crippen molar-refractivity contribution in [3.8, 4) is 5.75 Å². The number of rotatable bonds is 6. The van der Waals surface area contributed by atoms with E-state index in [4.69, 9.17) is 16.2 Å². The second-order valence-electron chi connectivity index (χ2n) is 5.35. The van der Waals surface area contributed by atoms with Gasteiger partial charge in [-0.15, -0.1) is 0 Å². The first-order chi connectivity index (χ1) is 10.5. The maximum absolute atomic E-state index is 12.4. The fourth-order valence-corrected chi connectivity index (χ4v) is 1.93. The minimum atomic E-state index is -0.0912. The van der Waals surface area contributed by atoms with Gasteiger partial charge in [-0.3, -0.25) is 4.79 Å². The Bertz CT molecular complexity index is 651. The van der Waals surface area contributed by atoms with E-state index < -0.39 is 0 Å². The number of nitrogens with two attached hydrogens (primary N) is 2. The largest absolute Gasteiger partial charge is 0.492 e. The third-order valence-corrected chi connectivity index (χ3v) is 3.27. The number of nitrogen functional groups attached to an aromatic ring is 2. The Balaban J connectivity index is 2.06. The molecule has 0 bridgehead atoms. The van der Waals surface area contributed by atoms with Crippen molar-refractivity contribution in [3.63, 3.8) is 0 Å². The number of hydrogen-bond acceptors (Lipinski definition) is 5. The summed E-state index contributed by atoms with van der Waals surface area (Å²) >= 11 is 0. The van der Waals surface area contributed by atoms with Crippen LogP contribution in [-0.2, 0) is 0 Å². The molecular weight excluding hydrogens is 278 g/mol. The van der Waals surface area contributed by atoms with Crippen LogP contribution in [0.25, 0.3) is 0 Å². The van der Waals surface area contributed by atoms with E-state index in [0.29, 0.717) is 29.1 Å². The van der Waals surface area contributed by atoms with Gasteiger partial charge < -0.3 is 21.1 Å². The molecule has 22 heavy (non-hydrogen) atoms. The molecule has 5 heteroatoms. The monoisotopic (exact) mass is 299 g/mol. The Kier molecular flexibility index (Phi) is 5.01. The molecule has 0 aliphatic carbocycles. The van der Waals surface area contributed by atoms with Crippen LogP contribution in [0.5, 0.6) is 5.75 Å². The van der Waals surface area contributed by atoms with Crippen LogP contribution in [0.15, 0.2) is 42.5 Å². The molecule has 0 radical (unpaired) electrons. The summed E-state index contributed by atoms with van der Waals surface area (Å²) < 4.78 is 5.60. The minimum absolute atomic E-state index is 0.0912. The van der Waals surface area contributed by atoms with Gasteiger partial charge in [0.15, 0.2) is 5.78 Å². The molecule has 2 aromatic carbocycles. The van der Waals surface area contributed by atoms with Gasteiger partial charge in [0.2, 0.25) is 0 Å². The number of anilines is 2. The number of benzene rings is 2. The van der Waals surface area contributed by atoms with Gasteiger partial charge in [-0.25, -0.2) is 0 Å². The van der Waals surface area contributed by atoms with Crippen LogP contribution in [-0.4, -0.2) is 37.9 Å². The van der Waals surface area contributed by atoms with E-state index in [2.05, 4.69) is 0 Å². The second-order valence-corrected chi connectivity index (χ2v) is 5.35. The van der Waals surface area contributed by atoms with Crippen LogP contribution in [0.2, 0.25) is 0 Å². The third-order valence-electron chi connectivity index (χ3n) is 3.27. The summed E-state index contributed by atoms with van der Waals surface area (Å²) in [5, 5.41) is 0. The molecule has 2 aromatic rings. The predicted octanol–water partition coefficient (Wildman–Crippen LogP) is 2.02. The van der Waals surface area contributed by atoms with E-state index in [1.54, 1.807) is 42.5 Å². The quantitative estimate of drug-likeness (QED) is 0.630. The fourth-order valence-electron chi connectivity index (χ4n) is 1.93. The molecule has 116 valence electrons. The van der Waals surface area contributed by atoms with Crippen LogP contribution < -0.4 is 16.2 Å². The molecule has 0 saturated heterocycles. The maximum Gasteiger partial charge on any atom is 0.193 e. The standard InChI is InChI=1S/C17H21N3O2/c1-20(2)9-10-22-14-6-3-12(4-7-14)17(21)13-5-8-15(18)16(19)11-13/h3-8,11H,9-10,18-19H2,1-2H3. The molecule has 0 saturated carbocycles. The van der Waals surface area contributed by atoms with Gasteiger partial charge in [-0.2, -0.15) is 0 Å². The third kappa shape index (κ3) is 3.99. The number of carbonyl (C=O) groups is 1. The zero-order chi connectivity index (χ0) is 16.1. The van der Waals surface area contributed by atoms with Gasteiger partial charge in [-0.05, 0) is 56.6 Å². The molecule has 0 aliphatic heterocycles. The summed E-state index contributed by atoms with van der Waals surface area (Å²) in [4.78, 5) is 14.4. The Morgan fingerprint density at radius 3 is 2.23 bits per heavy atom. The molecule has 0 spiro atoms. The van der Waals surface area contributed by atoms with E-state index in [1.807, 2.05) is 19.0 Å². The zero-order valence-corrected chi connectivity index (χ0v) is 12.9. The smallest absolute Gasteiger partial charge is 0.193 e.